The van der Waals surface area contributed by atoms with Gasteiger partial charge >= 0.3 is 5.97 Å². The van der Waals surface area contributed by atoms with E-state index in [0.717, 1.165) is 52.0 Å². The Morgan fingerprint density at radius 3 is 2.47 bits per heavy atom. The van der Waals surface area contributed by atoms with Crippen LogP contribution >= 0.6 is 0 Å². The van der Waals surface area contributed by atoms with Gasteiger partial charge in [0.1, 0.15) is 6.10 Å². The molecule has 0 aliphatic carbocycles. The van der Waals surface area contributed by atoms with E-state index in [4.69, 9.17) is 9.47 Å². The van der Waals surface area contributed by atoms with Crippen molar-refractivity contribution in [2.24, 2.45) is 5.92 Å². The number of hydrogen-bond acceptors (Lipinski definition) is 4. The number of hydrogen-bond donors (Lipinski definition) is 1. The molecule has 4 heteroatoms. The zero-order chi connectivity index (χ0) is 10.5. The smallest absolute Gasteiger partial charge is 0.309 e. The molecule has 0 aromatic heterocycles. The lowest BCUT2D eigenvalue weighted by atomic mass is 9.98. The molecule has 2 aliphatic heterocycles. The third kappa shape index (κ3) is 3.18. The van der Waals surface area contributed by atoms with Gasteiger partial charge in [-0.3, -0.25) is 4.79 Å². The van der Waals surface area contributed by atoms with E-state index in [1.54, 1.807) is 0 Å². The molecule has 0 bridgehead atoms. The monoisotopic (exact) mass is 213 g/mol. The lowest BCUT2D eigenvalue weighted by molar-refractivity contribution is -0.159. The normalized spacial score (nSPS) is 25.1. The van der Waals surface area contributed by atoms with Gasteiger partial charge in [0.2, 0.25) is 0 Å². The average molecular weight is 213 g/mol. The molecular formula is C11H19NO3. The van der Waals surface area contributed by atoms with Crippen LogP contribution in [0.15, 0.2) is 0 Å². The molecule has 0 spiro atoms. The molecule has 0 aromatic rings. The summed E-state index contributed by atoms with van der Waals surface area (Å²) in [7, 11) is 0. The highest BCUT2D eigenvalue weighted by Gasteiger charge is 2.25. The number of esters is 1. The van der Waals surface area contributed by atoms with E-state index in [9.17, 15) is 4.79 Å². The second-order valence-corrected chi connectivity index (χ2v) is 4.27. The SMILES string of the molecule is O=C(OC1CCOCC1)C1CCNCC1. The first-order valence-corrected chi connectivity index (χ1v) is 5.85. The van der Waals surface area contributed by atoms with Gasteiger partial charge in [-0.15, -0.1) is 0 Å². The molecular weight excluding hydrogens is 194 g/mol. The van der Waals surface area contributed by atoms with Crippen LogP contribution in [0.25, 0.3) is 0 Å². The maximum Gasteiger partial charge on any atom is 0.309 e. The van der Waals surface area contributed by atoms with Crippen LogP contribution in [0.3, 0.4) is 0 Å². The Kier molecular flexibility index (Phi) is 3.97. The van der Waals surface area contributed by atoms with Crippen LogP contribution in [-0.4, -0.2) is 38.4 Å². The van der Waals surface area contributed by atoms with Gasteiger partial charge in [0.15, 0.2) is 0 Å². The van der Waals surface area contributed by atoms with Gasteiger partial charge in [-0.2, -0.15) is 0 Å². The molecule has 0 atom stereocenters. The van der Waals surface area contributed by atoms with Crippen LogP contribution < -0.4 is 5.32 Å². The van der Waals surface area contributed by atoms with E-state index < -0.39 is 0 Å². The van der Waals surface area contributed by atoms with Crippen molar-refractivity contribution < 1.29 is 14.3 Å². The summed E-state index contributed by atoms with van der Waals surface area (Å²) in [5.41, 5.74) is 0. The fraction of sp³-hybridized carbons (Fsp3) is 0.909. The average Bonchev–Trinajstić information content (AvgIpc) is 2.31. The number of ether oxygens (including phenoxy) is 2. The molecule has 2 saturated heterocycles. The predicted octanol–water partition coefficient (Wildman–Crippen LogP) is 0.708. The summed E-state index contributed by atoms with van der Waals surface area (Å²) in [4.78, 5) is 11.8. The van der Waals surface area contributed by atoms with E-state index in [0.29, 0.717) is 0 Å². The molecule has 86 valence electrons. The maximum absolute atomic E-state index is 11.8. The van der Waals surface area contributed by atoms with Gasteiger partial charge in [0, 0.05) is 12.8 Å². The standard InChI is InChI=1S/C11H19NO3/c13-11(9-1-5-12-6-2-9)15-10-3-7-14-8-4-10/h9-10,12H,1-8H2. The number of carbonyl (C=O) groups is 1. The van der Waals surface area contributed by atoms with Crippen molar-refractivity contribution in [3.05, 3.63) is 0 Å². The highest BCUT2D eigenvalue weighted by atomic mass is 16.6. The lowest BCUT2D eigenvalue weighted by Crippen LogP contribution is -2.35. The Morgan fingerprint density at radius 1 is 1.13 bits per heavy atom. The van der Waals surface area contributed by atoms with Crippen LogP contribution in [0.1, 0.15) is 25.7 Å². The first-order valence-electron chi connectivity index (χ1n) is 5.85. The Hall–Kier alpha value is -0.610. The minimum atomic E-state index is 0.00315. The molecule has 0 amide bonds. The van der Waals surface area contributed by atoms with Gasteiger partial charge in [-0.05, 0) is 25.9 Å². The van der Waals surface area contributed by atoms with Crippen LogP contribution in [0.2, 0.25) is 0 Å². The van der Waals surface area contributed by atoms with Crippen molar-refractivity contribution in [2.45, 2.75) is 31.8 Å². The summed E-state index contributed by atoms with van der Waals surface area (Å²) in [6.45, 7) is 3.33. The van der Waals surface area contributed by atoms with E-state index >= 15 is 0 Å². The molecule has 2 aliphatic rings. The van der Waals surface area contributed by atoms with Crippen molar-refractivity contribution >= 4 is 5.97 Å². The molecule has 2 heterocycles. The van der Waals surface area contributed by atoms with Gasteiger partial charge in [0.05, 0.1) is 19.1 Å². The first kappa shape index (κ1) is 10.9. The third-order valence-electron chi connectivity index (χ3n) is 3.12. The number of carbonyl (C=O) groups excluding carboxylic acids is 1. The van der Waals surface area contributed by atoms with Crippen molar-refractivity contribution in [1.82, 2.24) is 5.32 Å². The third-order valence-corrected chi connectivity index (χ3v) is 3.12. The van der Waals surface area contributed by atoms with Crippen LogP contribution in [0, 0.1) is 5.92 Å². The van der Waals surface area contributed by atoms with Crippen LogP contribution in [0.4, 0.5) is 0 Å². The maximum atomic E-state index is 11.8. The quantitative estimate of drug-likeness (QED) is 0.686. The topological polar surface area (TPSA) is 47.6 Å². The summed E-state index contributed by atoms with van der Waals surface area (Å²) in [6.07, 6.45) is 3.65. The summed E-state index contributed by atoms with van der Waals surface area (Å²) >= 11 is 0. The summed E-state index contributed by atoms with van der Waals surface area (Å²) in [5, 5.41) is 3.25. The minimum Gasteiger partial charge on any atom is -0.462 e. The molecule has 1 N–H and O–H groups in total. The molecule has 0 radical (unpaired) electrons. The van der Waals surface area contributed by atoms with Crippen molar-refractivity contribution in [1.29, 1.82) is 0 Å². The molecule has 4 nitrogen and oxygen atoms in total. The molecule has 15 heavy (non-hydrogen) atoms. The van der Waals surface area contributed by atoms with Crippen LogP contribution in [-0.2, 0) is 14.3 Å². The summed E-state index contributed by atoms with van der Waals surface area (Å²) in [6, 6.07) is 0. The lowest BCUT2D eigenvalue weighted by Gasteiger charge is -2.26. The Labute approximate surface area is 90.3 Å². The Bertz CT molecular complexity index is 208. The molecule has 2 rings (SSSR count). The Morgan fingerprint density at radius 2 is 1.80 bits per heavy atom. The molecule has 0 unspecified atom stereocenters. The second kappa shape index (κ2) is 5.47. The first-order chi connectivity index (χ1) is 7.36. The van der Waals surface area contributed by atoms with E-state index in [-0.39, 0.29) is 18.0 Å². The van der Waals surface area contributed by atoms with Crippen LogP contribution in [0.5, 0.6) is 0 Å². The summed E-state index contributed by atoms with van der Waals surface area (Å²) < 4.78 is 10.7. The minimum absolute atomic E-state index is 0.00315. The van der Waals surface area contributed by atoms with Crippen molar-refractivity contribution in [3.8, 4) is 0 Å². The highest BCUT2D eigenvalue weighted by molar-refractivity contribution is 5.72. The fourth-order valence-corrected chi connectivity index (χ4v) is 2.11. The molecule has 0 aromatic carbocycles. The van der Waals surface area contributed by atoms with E-state index in [1.165, 1.54) is 0 Å². The number of piperidine rings is 1. The molecule has 2 fully saturated rings. The number of rotatable bonds is 2. The second-order valence-electron chi connectivity index (χ2n) is 4.27. The Balaban J connectivity index is 1.74. The van der Waals surface area contributed by atoms with Gasteiger partial charge < -0.3 is 14.8 Å². The fourth-order valence-electron chi connectivity index (χ4n) is 2.11. The summed E-state index contributed by atoms with van der Waals surface area (Å²) in [5.74, 6) is 0.123. The van der Waals surface area contributed by atoms with E-state index in [2.05, 4.69) is 5.32 Å². The highest BCUT2D eigenvalue weighted by Crippen LogP contribution is 2.17. The number of nitrogens with one attached hydrogen (secondary N) is 1. The largest absolute Gasteiger partial charge is 0.462 e. The molecule has 0 saturated carbocycles. The van der Waals surface area contributed by atoms with Gasteiger partial charge in [0.25, 0.3) is 0 Å². The van der Waals surface area contributed by atoms with Crippen molar-refractivity contribution in [2.75, 3.05) is 26.3 Å². The predicted molar refractivity (Wildman–Crippen MR) is 55.5 cm³/mol. The van der Waals surface area contributed by atoms with E-state index in [1.807, 2.05) is 0 Å². The zero-order valence-corrected chi connectivity index (χ0v) is 9.04. The van der Waals surface area contributed by atoms with Crippen molar-refractivity contribution in [3.63, 3.8) is 0 Å². The zero-order valence-electron chi connectivity index (χ0n) is 9.04. The van der Waals surface area contributed by atoms with Gasteiger partial charge in [-0.1, -0.05) is 0 Å². The van der Waals surface area contributed by atoms with Gasteiger partial charge in [-0.25, -0.2) is 0 Å².